The van der Waals surface area contributed by atoms with Crippen molar-refractivity contribution < 1.29 is 5.11 Å². The van der Waals surface area contributed by atoms with E-state index in [1.807, 2.05) is 18.2 Å². The van der Waals surface area contributed by atoms with Crippen LogP contribution in [0.1, 0.15) is 35.1 Å². The number of aliphatic hydroxyl groups is 1. The summed E-state index contributed by atoms with van der Waals surface area (Å²) >= 11 is 6.95. The Balaban J connectivity index is 1.75. The van der Waals surface area contributed by atoms with Gasteiger partial charge in [0, 0.05) is 8.95 Å². The van der Waals surface area contributed by atoms with Crippen molar-refractivity contribution in [2.75, 3.05) is 0 Å². The first-order valence-electron chi connectivity index (χ1n) is 6.36. The van der Waals surface area contributed by atoms with Gasteiger partial charge in [-0.15, -0.1) is 0 Å². The molecule has 3 heteroatoms. The first-order valence-corrected chi connectivity index (χ1v) is 7.94. The molecule has 98 valence electrons. The third kappa shape index (κ3) is 2.64. The molecule has 0 bridgehead atoms. The number of aliphatic hydroxyl groups excluding tert-OH is 1. The quantitative estimate of drug-likeness (QED) is 0.795. The second-order valence-corrected chi connectivity index (χ2v) is 6.79. The zero-order chi connectivity index (χ0) is 13.4. The molecule has 2 atom stereocenters. The van der Waals surface area contributed by atoms with Crippen LogP contribution in [-0.2, 0) is 6.42 Å². The molecule has 1 aliphatic rings. The molecule has 0 saturated heterocycles. The molecule has 0 amide bonds. The highest BCUT2D eigenvalue weighted by atomic mass is 79.9. The Kier molecular flexibility index (Phi) is 3.79. The molecule has 0 aliphatic heterocycles. The average Bonchev–Trinajstić information content (AvgIpc) is 2.35. The molecule has 0 saturated carbocycles. The van der Waals surface area contributed by atoms with E-state index in [2.05, 4.69) is 56.1 Å². The minimum absolute atomic E-state index is 0.416. The van der Waals surface area contributed by atoms with Crippen LogP contribution >= 0.6 is 31.9 Å². The Hall–Kier alpha value is -0.640. The van der Waals surface area contributed by atoms with Crippen molar-refractivity contribution in [1.29, 1.82) is 0 Å². The third-order valence-electron chi connectivity index (χ3n) is 3.79. The van der Waals surface area contributed by atoms with Crippen LogP contribution in [0.4, 0.5) is 0 Å². The average molecular weight is 382 g/mol. The van der Waals surface area contributed by atoms with Gasteiger partial charge in [0.05, 0.1) is 6.10 Å². The van der Waals surface area contributed by atoms with Gasteiger partial charge in [0.25, 0.3) is 0 Å². The lowest BCUT2D eigenvalue weighted by atomic mass is 9.74. The molecule has 0 fully saturated rings. The van der Waals surface area contributed by atoms with Crippen LogP contribution in [0.15, 0.2) is 51.4 Å². The van der Waals surface area contributed by atoms with Gasteiger partial charge in [-0.3, -0.25) is 0 Å². The lowest BCUT2D eigenvalue weighted by Gasteiger charge is -2.32. The summed E-state index contributed by atoms with van der Waals surface area (Å²) in [7, 11) is 0. The van der Waals surface area contributed by atoms with Gasteiger partial charge in [-0.2, -0.15) is 0 Å². The molecule has 2 aromatic carbocycles. The van der Waals surface area contributed by atoms with Gasteiger partial charge < -0.3 is 5.11 Å². The van der Waals surface area contributed by atoms with Crippen molar-refractivity contribution in [2.24, 2.45) is 0 Å². The molecule has 0 radical (unpaired) electrons. The molecule has 3 rings (SSSR count). The topological polar surface area (TPSA) is 20.2 Å². The lowest BCUT2D eigenvalue weighted by Crippen LogP contribution is -2.19. The fourth-order valence-corrected chi connectivity index (χ4v) is 4.05. The first kappa shape index (κ1) is 13.3. The largest absolute Gasteiger partial charge is 0.388 e. The maximum atomic E-state index is 10.4. The molecule has 2 unspecified atom stereocenters. The Labute approximate surface area is 129 Å². The molecular formula is C16H14Br2O. The Bertz CT molecular complexity index is 609. The first-order chi connectivity index (χ1) is 9.15. The molecule has 0 heterocycles. The predicted molar refractivity (Wildman–Crippen MR) is 84.3 cm³/mol. The fourth-order valence-electron chi connectivity index (χ4n) is 2.74. The van der Waals surface area contributed by atoms with E-state index in [4.69, 9.17) is 0 Å². The van der Waals surface area contributed by atoms with Gasteiger partial charge in [0.1, 0.15) is 0 Å². The fraction of sp³-hybridized carbons (Fsp3) is 0.250. The van der Waals surface area contributed by atoms with Gasteiger partial charge in [-0.25, -0.2) is 0 Å². The minimum atomic E-state index is -0.416. The summed E-state index contributed by atoms with van der Waals surface area (Å²) in [4.78, 5) is 0. The van der Waals surface area contributed by atoms with E-state index >= 15 is 0 Å². The van der Waals surface area contributed by atoms with Crippen LogP contribution < -0.4 is 0 Å². The summed E-state index contributed by atoms with van der Waals surface area (Å²) in [5.41, 5.74) is 3.79. The zero-order valence-corrected chi connectivity index (χ0v) is 13.5. The number of hydrogen-bond donors (Lipinski definition) is 1. The second kappa shape index (κ2) is 5.39. The monoisotopic (exact) mass is 380 g/mol. The highest BCUT2D eigenvalue weighted by Crippen LogP contribution is 2.41. The molecule has 1 nitrogen and oxygen atoms in total. The van der Waals surface area contributed by atoms with E-state index < -0.39 is 6.10 Å². The van der Waals surface area contributed by atoms with Crippen molar-refractivity contribution in [1.82, 2.24) is 0 Å². The van der Waals surface area contributed by atoms with Crippen LogP contribution in [0.3, 0.4) is 0 Å². The van der Waals surface area contributed by atoms with E-state index in [1.54, 1.807) is 0 Å². The van der Waals surface area contributed by atoms with Crippen LogP contribution in [0.25, 0.3) is 0 Å². The summed E-state index contributed by atoms with van der Waals surface area (Å²) in [6, 6.07) is 14.4. The second-order valence-electron chi connectivity index (χ2n) is 5.02. The minimum Gasteiger partial charge on any atom is -0.388 e. The molecule has 1 aliphatic carbocycles. The van der Waals surface area contributed by atoms with E-state index in [0.29, 0.717) is 5.92 Å². The molecule has 19 heavy (non-hydrogen) atoms. The summed E-state index contributed by atoms with van der Waals surface area (Å²) in [6.07, 6.45) is 1.46. The molecule has 0 aromatic heterocycles. The summed E-state index contributed by atoms with van der Waals surface area (Å²) in [5, 5.41) is 10.4. The van der Waals surface area contributed by atoms with E-state index in [9.17, 15) is 5.11 Å². The normalized spacial score (nSPS) is 18.6. The molecule has 2 aromatic rings. The number of fused-ring (bicyclic) bond motifs is 1. The van der Waals surface area contributed by atoms with Crippen molar-refractivity contribution in [3.63, 3.8) is 0 Å². The lowest BCUT2D eigenvalue weighted by molar-refractivity contribution is 0.153. The van der Waals surface area contributed by atoms with Crippen molar-refractivity contribution >= 4 is 31.9 Å². The van der Waals surface area contributed by atoms with Gasteiger partial charge in [0.2, 0.25) is 0 Å². The van der Waals surface area contributed by atoms with Gasteiger partial charge in [0.15, 0.2) is 0 Å². The van der Waals surface area contributed by atoms with Gasteiger partial charge in [-0.05, 0) is 47.6 Å². The highest BCUT2D eigenvalue weighted by Gasteiger charge is 2.28. The van der Waals surface area contributed by atoms with Crippen LogP contribution in [0.2, 0.25) is 0 Å². The number of hydrogen-bond acceptors (Lipinski definition) is 1. The van der Waals surface area contributed by atoms with Crippen molar-refractivity contribution in [3.05, 3.63) is 68.1 Å². The smallest absolute Gasteiger partial charge is 0.0806 e. The molecular weight excluding hydrogens is 368 g/mol. The number of rotatable bonds is 3. The summed E-state index contributed by atoms with van der Waals surface area (Å²) in [5.74, 6) is 0.488. The standard InChI is InChI=1S/C16H14Br2O/c17-12-5-6-14(15(18)9-12)16(19)8-11-7-10-3-1-2-4-13(10)11/h1-6,9,11,16,19H,7-8H2. The maximum absolute atomic E-state index is 10.4. The molecule has 1 N–H and O–H groups in total. The third-order valence-corrected chi connectivity index (χ3v) is 4.97. The van der Waals surface area contributed by atoms with E-state index in [0.717, 1.165) is 27.4 Å². The molecule has 0 spiro atoms. The van der Waals surface area contributed by atoms with Crippen LogP contribution in [0, 0.1) is 0 Å². The summed E-state index contributed by atoms with van der Waals surface area (Å²) < 4.78 is 1.98. The van der Waals surface area contributed by atoms with Gasteiger partial charge >= 0.3 is 0 Å². The van der Waals surface area contributed by atoms with E-state index in [-0.39, 0.29) is 0 Å². The SMILES string of the molecule is OC(CC1Cc2ccccc21)c1ccc(Br)cc1Br. The van der Waals surface area contributed by atoms with Crippen molar-refractivity contribution in [3.8, 4) is 0 Å². The predicted octanol–water partition coefficient (Wildman–Crippen LogP) is 4.98. The van der Waals surface area contributed by atoms with Crippen molar-refractivity contribution in [2.45, 2.75) is 24.9 Å². The Morgan fingerprint density at radius 3 is 2.68 bits per heavy atom. The summed E-state index contributed by atoms with van der Waals surface area (Å²) in [6.45, 7) is 0. The number of benzene rings is 2. The highest BCUT2D eigenvalue weighted by molar-refractivity contribution is 9.11. The van der Waals surface area contributed by atoms with Gasteiger partial charge in [-0.1, -0.05) is 62.2 Å². The Morgan fingerprint density at radius 2 is 1.95 bits per heavy atom. The van der Waals surface area contributed by atoms with Crippen LogP contribution in [0.5, 0.6) is 0 Å². The zero-order valence-electron chi connectivity index (χ0n) is 10.3. The Morgan fingerprint density at radius 1 is 1.16 bits per heavy atom. The van der Waals surface area contributed by atoms with Crippen LogP contribution in [-0.4, -0.2) is 5.11 Å². The maximum Gasteiger partial charge on any atom is 0.0806 e. The van der Waals surface area contributed by atoms with E-state index in [1.165, 1.54) is 11.1 Å². The number of halogens is 2.